The Bertz CT molecular complexity index is 1120. The number of hydrogen-bond acceptors (Lipinski definition) is 4. The molecule has 6 heteroatoms. The zero-order valence-corrected chi connectivity index (χ0v) is 15.1. The molecule has 134 valence electrons. The topological polar surface area (TPSA) is 47.8 Å². The highest BCUT2D eigenvalue weighted by Crippen LogP contribution is 2.36. The van der Waals surface area contributed by atoms with E-state index in [-0.39, 0.29) is 0 Å². The molecule has 1 aliphatic heterocycles. The summed E-state index contributed by atoms with van der Waals surface area (Å²) in [5, 5.41) is 4.19. The second-order valence-electron chi connectivity index (χ2n) is 6.23. The van der Waals surface area contributed by atoms with Crippen molar-refractivity contribution in [3.8, 4) is 22.8 Å². The van der Waals surface area contributed by atoms with Crippen molar-refractivity contribution in [1.82, 2.24) is 9.38 Å². The van der Waals surface area contributed by atoms with Crippen LogP contribution in [-0.2, 0) is 0 Å². The van der Waals surface area contributed by atoms with Gasteiger partial charge in [0.1, 0.15) is 30.4 Å². The van der Waals surface area contributed by atoms with Gasteiger partial charge in [-0.05, 0) is 36.4 Å². The number of aromatic nitrogens is 2. The van der Waals surface area contributed by atoms with Gasteiger partial charge < -0.3 is 14.8 Å². The van der Waals surface area contributed by atoms with E-state index in [2.05, 4.69) is 5.32 Å². The zero-order valence-electron chi connectivity index (χ0n) is 14.4. The molecule has 0 fully saturated rings. The second kappa shape index (κ2) is 6.52. The quantitative estimate of drug-likeness (QED) is 0.535. The third-order valence-electron chi connectivity index (χ3n) is 4.45. The van der Waals surface area contributed by atoms with Crippen LogP contribution in [0.3, 0.4) is 0 Å². The molecule has 0 spiro atoms. The Hall–Kier alpha value is -3.18. The number of hydrogen-bond donors (Lipinski definition) is 1. The monoisotopic (exact) mass is 377 g/mol. The molecule has 4 aromatic rings. The maximum Gasteiger partial charge on any atom is 0.163 e. The van der Waals surface area contributed by atoms with Crippen LogP contribution in [0.5, 0.6) is 11.5 Å². The Morgan fingerprint density at radius 1 is 0.926 bits per heavy atom. The van der Waals surface area contributed by atoms with E-state index in [0.29, 0.717) is 18.2 Å². The van der Waals surface area contributed by atoms with Gasteiger partial charge in [-0.25, -0.2) is 4.98 Å². The number of fused-ring (bicyclic) bond motifs is 2. The van der Waals surface area contributed by atoms with Gasteiger partial charge in [0, 0.05) is 28.5 Å². The Morgan fingerprint density at radius 2 is 1.74 bits per heavy atom. The summed E-state index contributed by atoms with van der Waals surface area (Å²) in [5.41, 5.74) is 3.61. The lowest BCUT2D eigenvalue weighted by molar-refractivity contribution is 0.171. The molecule has 0 unspecified atom stereocenters. The lowest BCUT2D eigenvalue weighted by atomic mass is 10.1. The van der Waals surface area contributed by atoms with Gasteiger partial charge in [-0.3, -0.25) is 4.40 Å². The summed E-state index contributed by atoms with van der Waals surface area (Å²) < 4.78 is 13.3. The van der Waals surface area contributed by atoms with Crippen molar-refractivity contribution in [3.05, 3.63) is 71.9 Å². The van der Waals surface area contributed by atoms with Crippen LogP contribution in [0.25, 0.3) is 16.9 Å². The van der Waals surface area contributed by atoms with Gasteiger partial charge in [-0.2, -0.15) is 0 Å². The molecular formula is C21H16ClN3O2. The number of nitrogens with zero attached hydrogens (tertiary/aromatic N) is 2. The SMILES string of the molecule is Clc1ccc(-c2nc3ccccn3c2Nc2ccc3c(c2)OCCO3)cc1. The molecule has 0 aliphatic carbocycles. The van der Waals surface area contributed by atoms with Crippen molar-refractivity contribution in [2.75, 3.05) is 18.5 Å². The Labute approximate surface area is 161 Å². The van der Waals surface area contributed by atoms with Crippen LogP contribution in [-0.4, -0.2) is 22.6 Å². The van der Waals surface area contributed by atoms with E-state index in [0.717, 1.165) is 39.9 Å². The number of benzene rings is 2. The molecule has 2 aromatic heterocycles. The highest BCUT2D eigenvalue weighted by atomic mass is 35.5. The molecule has 0 amide bonds. The smallest absolute Gasteiger partial charge is 0.163 e. The summed E-state index contributed by atoms with van der Waals surface area (Å²) in [6.45, 7) is 1.13. The summed E-state index contributed by atoms with van der Waals surface area (Å²) in [4.78, 5) is 4.80. The van der Waals surface area contributed by atoms with Crippen LogP contribution >= 0.6 is 11.6 Å². The van der Waals surface area contributed by atoms with Gasteiger partial charge in [-0.1, -0.05) is 29.8 Å². The second-order valence-corrected chi connectivity index (χ2v) is 6.66. The number of imidazole rings is 1. The maximum atomic E-state index is 6.05. The fourth-order valence-electron chi connectivity index (χ4n) is 3.18. The van der Waals surface area contributed by atoms with Crippen molar-refractivity contribution in [1.29, 1.82) is 0 Å². The number of pyridine rings is 1. The molecule has 0 atom stereocenters. The fraction of sp³-hybridized carbons (Fsp3) is 0.0952. The van der Waals surface area contributed by atoms with Crippen LogP contribution in [0.1, 0.15) is 0 Å². The van der Waals surface area contributed by atoms with E-state index < -0.39 is 0 Å². The predicted octanol–water partition coefficient (Wildman–Crippen LogP) is 5.17. The molecule has 0 saturated carbocycles. The molecule has 5 rings (SSSR count). The van der Waals surface area contributed by atoms with Crippen LogP contribution in [0.15, 0.2) is 66.9 Å². The predicted molar refractivity (Wildman–Crippen MR) is 106 cm³/mol. The normalized spacial score (nSPS) is 12.9. The zero-order chi connectivity index (χ0) is 18.2. The van der Waals surface area contributed by atoms with Crippen molar-refractivity contribution in [3.63, 3.8) is 0 Å². The molecular weight excluding hydrogens is 362 g/mol. The Morgan fingerprint density at radius 3 is 2.59 bits per heavy atom. The van der Waals surface area contributed by atoms with E-state index in [1.165, 1.54) is 0 Å². The minimum absolute atomic E-state index is 0.558. The van der Waals surface area contributed by atoms with Crippen LogP contribution in [0.2, 0.25) is 5.02 Å². The maximum absolute atomic E-state index is 6.05. The molecule has 0 bridgehead atoms. The van der Waals surface area contributed by atoms with Gasteiger partial charge >= 0.3 is 0 Å². The molecule has 0 saturated heterocycles. The number of anilines is 2. The third kappa shape index (κ3) is 2.96. The van der Waals surface area contributed by atoms with E-state index in [1.807, 2.05) is 71.3 Å². The first-order valence-corrected chi connectivity index (χ1v) is 9.05. The van der Waals surface area contributed by atoms with Gasteiger partial charge in [0.05, 0.1) is 0 Å². The fourth-order valence-corrected chi connectivity index (χ4v) is 3.31. The molecule has 2 aromatic carbocycles. The number of rotatable bonds is 3. The van der Waals surface area contributed by atoms with E-state index in [1.54, 1.807) is 0 Å². The lowest BCUT2D eigenvalue weighted by Gasteiger charge is -2.19. The average Bonchev–Trinajstić information content (AvgIpc) is 3.07. The first-order valence-electron chi connectivity index (χ1n) is 8.68. The molecule has 1 aliphatic rings. The van der Waals surface area contributed by atoms with Gasteiger partial charge in [-0.15, -0.1) is 0 Å². The van der Waals surface area contributed by atoms with Crippen LogP contribution in [0.4, 0.5) is 11.5 Å². The number of nitrogens with one attached hydrogen (secondary N) is 1. The first-order chi connectivity index (χ1) is 13.3. The molecule has 5 nitrogen and oxygen atoms in total. The average molecular weight is 378 g/mol. The summed E-state index contributed by atoms with van der Waals surface area (Å²) in [6.07, 6.45) is 1.99. The summed E-state index contributed by atoms with van der Waals surface area (Å²) in [5.74, 6) is 2.39. The van der Waals surface area contributed by atoms with Crippen LogP contribution < -0.4 is 14.8 Å². The van der Waals surface area contributed by atoms with Crippen molar-refractivity contribution in [2.24, 2.45) is 0 Å². The van der Waals surface area contributed by atoms with Gasteiger partial charge in [0.15, 0.2) is 11.5 Å². The number of halogens is 1. The Kier molecular flexibility index (Phi) is 3.87. The highest BCUT2D eigenvalue weighted by Gasteiger charge is 2.16. The molecule has 3 heterocycles. The van der Waals surface area contributed by atoms with Gasteiger partial charge in [0.2, 0.25) is 0 Å². The van der Waals surface area contributed by atoms with E-state index in [4.69, 9.17) is 26.1 Å². The third-order valence-corrected chi connectivity index (χ3v) is 4.70. The largest absolute Gasteiger partial charge is 0.486 e. The highest BCUT2D eigenvalue weighted by molar-refractivity contribution is 6.30. The van der Waals surface area contributed by atoms with E-state index >= 15 is 0 Å². The van der Waals surface area contributed by atoms with E-state index in [9.17, 15) is 0 Å². The standard InChI is InChI=1S/C21H16ClN3O2/c22-15-6-4-14(5-7-15)20-21(25-10-2-1-3-19(25)24-20)23-16-8-9-17-18(13-16)27-12-11-26-17/h1-10,13,23H,11-12H2. The van der Waals surface area contributed by atoms with Gasteiger partial charge in [0.25, 0.3) is 0 Å². The minimum atomic E-state index is 0.558. The lowest BCUT2D eigenvalue weighted by Crippen LogP contribution is -2.15. The molecule has 27 heavy (non-hydrogen) atoms. The first kappa shape index (κ1) is 16.0. The summed E-state index contributed by atoms with van der Waals surface area (Å²) in [6, 6.07) is 19.5. The van der Waals surface area contributed by atoms with Crippen molar-refractivity contribution >= 4 is 28.8 Å². The van der Waals surface area contributed by atoms with Crippen molar-refractivity contribution in [2.45, 2.75) is 0 Å². The number of ether oxygens (including phenoxy) is 2. The van der Waals surface area contributed by atoms with Crippen LogP contribution in [0, 0.1) is 0 Å². The molecule has 0 radical (unpaired) electrons. The van der Waals surface area contributed by atoms with Crippen molar-refractivity contribution < 1.29 is 9.47 Å². The molecule has 1 N–H and O–H groups in total. The summed E-state index contributed by atoms with van der Waals surface area (Å²) >= 11 is 6.05. The summed E-state index contributed by atoms with van der Waals surface area (Å²) in [7, 11) is 0. The minimum Gasteiger partial charge on any atom is -0.486 e. The Balaban J connectivity index is 1.61.